The Morgan fingerprint density at radius 3 is 2.54 bits per heavy atom. The van der Waals surface area contributed by atoms with Gasteiger partial charge in [-0.15, -0.1) is 0 Å². The quantitative estimate of drug-likeness (QED) is 0.538. The zero-order valence-electron chi connectivity index (χ0n) is 12.3. The molecule has 2 aromatic carbocycles. The van der Waals surface area contributed by atoms with E-state index in [4.69, 9.17) is 23.2 Å². The number of benzene rings is 2. The first-order valence-electron chi connectivity index (χ1n) is 7.06. The maximum Gasteiger partial charge on any atom is 0.256 e. The van der Waals surface area contributed by atoms with Gasteiger partial charge in [0.25, 0.3) is 5.91 Å². The summed E-state index contributed by atoms with van der Waals surface area (Å²) in [4.78, 5) is 12.3. The van der Waals surface area contributed by atoms with Gasteiger partial charge in [-0.3, -0.25) is 9.48 Å². The Kier molecular flexibility index (Phi) is 5.43. The Hall–Kier alpha value is -1.57. The Bertz CT molecular complexity index is 875. The molecule has 24 heavy (non-hydrogen) atoms. The van der Waals surface area contributed by atoms with Gasteiger partial charge in [0.05, 0.1) is 24.0 Å². The zero-order valence-corrected chi connectivity index (χ0v) is 16.0. The van der Waals surface area contributed by atoms with Crippen molar-refractivity contribution in [3.8, 4) is 0 Å². The summed E-state index contributed by atoms with van der Waals surface area (Å²) in [6.07, 6.45) is 3.34. The standard InChI is InChI=1S/C17H12Cl2IN3O/c18-14-5-3-6-15(19)13(14)10-23-9-11(8-21-23)22-17(24)12-4-1-2-7-16(12)20/h1-9H,10H2,(H,22,24). The average molecular weight is 472 g/mol. The molecule has 0 aliphatic heterocycles. The van der Waals surface area contributed by atoms with Gasteiger partial charge in [0, 0.05) is 25.4 Å². The highest BCUT2D eigenvalue weighted by molar-refractivity contribution is 14.1. The van der Waals surface area contributed by atoms with Gasteiger partial charge in [0.2, 0.25) is 0 Å². The predicted molar refractivity (Wildman–Crippen MR) is 105 cm³/mol. The van der Waals surface area contributed by atoms with E-state index >= 15 is 0 Å². The van der Waals surface area contributed by atoms with Crippen molar-refractivity contribution in [3.63, 3.8) is 0 Å². The van der Waals surface area contributed by atoms with E-state index in [1.807, 2.05) is 18.2 Å². The number of hydrogen-bond acceptors (Lipinski definition) is 2. The minimum atomic E-state index is -0.171. The monoisotopic (exact) mass is 471 g/mol. The van der Waals surface area contributed by atoms with Crippen LogP contribution in [0, 0.1) is 3.57 Å². The van der Waals surface area contributed by atoms with Crippen molar-refractivity contribution < 1.29 is 4.79 Å². The molecular formula is C17H12Cl2IN3O. The van der Waals surface area contributed by atoms with Crippen LogP contribution in [0.2, 0.25) is 10.0 Å². The number of amides is 1. The number of aromatic nitrogens is 2. The van der Waals surface area contributed by atoms with Crippen molar-refractivity contribution in [3.05, 3.63) is 79.6 Å². The molecule has 1 aromatic heterocycles. The molecule has 0 fully saturated rings. The fraction of sp³-hybridized carbons (Fsp3) is 0.0588. The van der Waals surface area contributed by atoms with Crippen LogP contribution in [0.25, 0.3) is 0 Å². The van der Waals surface area contributed by atoms with Gasteiger partial charge in [-0.05, 0) is 46.9 Å². The van der Waals surface area contributed by atoms with Crippen LogP contribution in [0.15, 0.2) is 54.9 Å². The van der Waals surface area contributed by atoms with Gasteiger partial charge in [0.15, 0.2) is 0 Å². The zero-order chi connectivity index (χ0) is 17.1. The molecule has 0 unspecified atom stereocenters. The van der Waals surface area contributed by atoms with E-state index in [1.165, 1.54) is 0 Å². The predicted octanol–water partition coefficient (Wildman–Crippen LogP) is 5.10. The molecule has 1 amide bonds. The summed E-state index contributed by atoms with van der Waals surface area (Å²) in [5, 5.41) is 8.26. The molecule has 0 atom stereocenters. The van der Waals surface area contributed by atoms with Crippen molar-refractivity contribution >= 4 is 57.4 Å². The van der Waals surface area contributed by atoms with Gasteiger partial charge in [-0.2, -0.15) is 5.10 Å². The second-order valence-electron chi connectivity index (χ2n) is 5.06. The largest absolute Gasteiger partial charge is 0.319 e. The van der Waals surface area contributed by atoms with Crippen molar-refractivity contribution in [2.45, 2.75) is 6.54 Å². The van der Waals surface area contributed by atoms with Crippen molar-refractivity contribution in [1.29, 1.82) is 0 Å². The van der Waals surface area contributed by atoms with Gasteiger partial charge in [0.1, 0.15) is 0 Å². The lowest BCUT2D eigenvalue weighted by Crippen LogP contribution is -2.12. The van der Waals surface area contributed by atoms with Crippen LogP contribution in [0.1, 0.15) is 15.9 Å². The molecule has 3 aromatic rings. The van der Waals surface area contributed by atoms with Crippen molar-refractivity contribution in [2.75, 3.05) is 5.32 Å². The third-order valence-corrected chi connectivity index (χ3v) is 5.04. The molecular weight excluding hydrogens is 460 g/mol. The fourth-order valence-corrected chi connectivity index (χ4v) is 3.35. The molecule has 0 saturated heterocycles. The van der Waals surface area contributed by atoms with Crippen LogP contribution in [-0.4, -0.2) is 15.7 Å². The smallest absolute Gasteiger partial charge is 0.256 e. The van der Waals surface area contributed by atoms with Crippen LogP contribution in [0.5, 0.6) is 0 Å². The minimum absolute atomic E-state index is 0.171. The van der Waals surface area contributed by atoms with Gasteiger partial charge < -0.3 is 5.32 Å². The van der Waals surface area contributed by atoms with Crippen LogP contribution in [-0.2, 0) is 6.54 Å². The van der Waals surface area contributed by atoms with E-state index in [0.29, 0.717) is 27.8 Å². The highest BCUT2D eigenvalue weighted by Crippen LogP contribution is 2.25. The number of anilines is 1. The number of carbonyl (C=O) groups excluding carboxylic acids is 1. The summed E-state index contributed by atoms with van der Waals surface area (Å²) >= 11 is 14.5. The van der Waals surface area contributed by atoms with E-state index in [-0.39, 0.29) is 5.91 Å². The molecule has 0 bridgehead atoms. The summed E-state index contributed by atoms with van der Waals surface area (Å²) < 4.78 is 2.57. The summed E-state index contributed by atoms with van der Waals surface area (Å²) in [7, 11) is 0. The summed E-state index contributed by atoms with van der Waals surface area (Å²) in [6.45, 7) is 0.428. The molecule has 0 aliphatic carbocycles. The molecule has 7 heteroatoms. The minimum Gasteiger partial charge on any atom is -0.319 e. The van der Waals surface area contributed by atoms with Crippen LogP contribution < -0.4 is 5.32 Å². The second-order valence-corrected chi connectivity index (χ2v) is 7.04. The Balaban J connectivity index is 1.74. The Labute approximate surface area is 162 Å². The molecule has 0 spiro atoms. The van der Waals surface area contributed by atoms with Gasteiger partial charge in [-0.1, -0.05) is 41.4 Å². The van der Waals surface area contributed by atoms with E-state index in [9.17, 15) is 4.79 Å². The Morgan fingerprint density at radius 2 is 1.83 bits per heavy atom. The Morgan fingerprint density at radius 1 is 1.12 bits per heavy atom. The van der Waals surface area contributed by atoms with Crippen molar-refractivity contribution in [2.24, 2.45) is 0 Å². The normalized spacial score (nSPS) is 10.6. The highest BCUT2D eigenvalue weighted by atomic mass is 127. The number of halogens is 3. The fourth-order valence-electron chi connectivity index (χ4n) is 2.20. The molecule has 0 aliphatic rings. The second kappa shape index (κ2) is 7.55. The maximum atomic E-state index is 12.3. The highest BCUT2D eigenvalue weighted by Gasteiger charge is 2.11. The first-order chi connectivity index (χ1) is 11.5. The van der Waals surface area contributed by atoms with E-state index < -0.39 is 0 Å². The molecule has 0 saturated carbocycles. The number of hydrogen-bond donors (Lipinski definition) is 1. The first-order valence-corrected chi connectivity index (χ1v) is 8.89. The SMILES string of the molecule is O=C(Nc1cnn(Cc2c(Cl)cccc2Cl)c1)c1ccccc1I. The maximum absolute atomic E-state index is 12.3. The average Bonchev–Trinajstić information content (AvgIpc) is 2.98. The number of rotatable bonds is 4. The number of nitrogens with zero attached hydrogens (tertiary/aromatic N) is 2. The van der Waals surface area contributed by atoms with Crippen LogP contribution in [0.4, 0.5) is 5.69 Å². The number of carbonyl (C=O) groups is 1. The summed E-state index contributed by atoms with van der Waals surface area (Å²) in [6, 6.07) is 12.8. The molecule has 4 nitrogen and oxygen atoms in total. The number of nitrogens with one attached hydrogen (secondary N) is 1. The molecule has 1 heterocycles. The molecule has 1 N–H and O–H groups in total. The van der Waals surface area contributed by atoms with Gasteiger partial charge >= 0.3 is 0 Å². The topological polar surface area (TPSA) is 46.9 Å². The van der Waals surface area contributed by atoms with E-state index in [1.54, 1.807) is 41.3 Å². The van der Waals surface area contributed by atoms with E-state index in [0.717, 1.165) is 9.13 Å². The third-order valence-electron chi connectivity index (χ3n) is 3.39. The van der Waals surface area contributed by atoms with Crippen LogP contribution in [0.3, 0.4) is 0 Å². The lowest BCUT2D eigenvalue weighted by atomic mass is 10.2. The third kappa shape index (κ3) is 3.91. The molecule has 122 valence electrons. The molecule has 3 rings (SSSR count). The van der Waals surface area contributed by atoms with E-state index in [2.05, 4.69) is 33.0 Å². The summed E-state index contributed by atoms with van der Waals surface area (Å²) in [5.74, 6) is -0.171. The lowest BCUT2D eigenvalue weighted by molar-refractivity contribution is 0.102. The van der Waals surface area contributed by atoms with Crippen LogP contribution >= 0.6 is 45.8 Å². The molecule has 0 radical (unpaired) electrons. The lowest BCUT2D eigenvalue weighted by Gasteiger charge is -2.07. The summed E-state index contributed by atoms with van der Waals surface area (Å²) in [5.41, 5.74) is 2.03. The van der Waals surface area contributed by atoms with Gasteiger partial charge in [-0.25, -0.2) is 0 Å². The van der Waals surface area contributed by atoms with Crippen molar-refractivity contribution in [1.82, 2.24) is 9.78 Å². The first kappa shape index (κ1) is 17.3.